The molecule has 0 saturated heterocycles. The highest BCUT2D eigenvalue weighted by Crippen LogP contribution is 2.13. The Bertz CT molecular complexity index is 543. The Morgan fingerprint density at radius 1 is 1.35 bits per heavy atom. The number of carboxylic acid groups (broad SMARTS) is 1. The molecule has 2 rings (SSSR count). The van der Waals surface area contributed by atoms with E-state index < -0.39 is 5.97 Å². The second-order valence-corrected chi connectivity index (χ2v) is 3.77. The summed E-state index contributed by atoms with van der Waals surface area (Å²) in [5.74, 6) is -0.767. The summed E-state index contributed by atoms with van der Waals surface area (Å²) in [5.41, 5.74) is 1.78. The summed E-state index contributed by atoms with van der Waals surface area (Å²) in [5, 5.41) is 22.1. The Morgan fingerprint density at radius 2 is 2.00 bits per heavy atom. The van der Waals surface area contributed by atoms with Crippen LogP contribution in [-0.2, 0) is 6.54 Å². The number of nitrogens with zero attached hydrogens (tertiary/aromatic N) is 2. The van der Waals surface area contributed by atoms with Crippen molar-refractivity contribution < 1.29 is 15.0 Å². The van der Waals surface area contributed by atoms with Crippen molar-refractivity contribution in [2.75, 3.05) is 0 Å². The van der Waals surface area contributed by atoms with Crippen molar-refractivity contribution in [2.24, 2.45) is 0 Å². The van der Waals surface area contributed by atoms with Gasteiger partial charge in [-0.15, -0.1) is 0 Å². The van der Waals surface area contributed by atoms with Crippen LogP contribution in [0.3, 0.4) is 0 Å². The van der Waals surface area contributed by atoms with Gasteiger partial charge in [0.1, 0.15) is 11.3 Å². The van der Waals surface area contributed by atoms with E-state index in [4.69, 9.17) is 10.2 Å². The standard InChI is InChI=1S/C12H12N2O3/c1-8-11(12(16)17)6-13-14(8)7-9-2-4-10(15)5-3-9/h2-6,15H,7H2,1H3,(H,16,17). The molecule has 5 heteroatoms. The van der Waals surface area contributed by atoms with Crippen LogP contribution in [0.15, 0.2) is 30.5 Å². The summed E-state index contributed by atoms with van der Waals surface area (Å²) in [6.45, 7) is 2.20. The monoisotopic (exact) mass is 232 g/mol. The van der Waals surface area contributed by atoms with Crippen molar-refractivity contribution in [1.82, 2.24) is 9.78 Å². The first-order valence-electron chi connectivity index (χ1n) is 5.11. The van der Waals surface area contributed by atoms with Gasteiger partial charge in [-0.2, -0.15) is 5.10 Å². The minimum atomic E-state index is -0.973. The van der Waals surface area contributed by atoms with Crippen LogP contribution in [0.1, 0.15) is 21.6 Å². The fraction of sp³-hybridized carbons (Fsp3) is 0.167. The highest BCUT2D eigenvalue weighted by atomic mass is 16.4. The topological polar surface area (TPSA) is 75.3 Å². The minimum absolute atomic E-state index is 0.206. The Labute approximate surface area is 97.9 Å². The van der Waals surface area contributed by atoms with E-state index in [0.29, 0.717) is 12.2 Å². The molecule has 0 aliphatic rings. The van der Waals surface area contributed by atoms with Crippen LogP contribution in [0, 0.1) is 6.92 Å². The lowest BCUT2D eigenvalue weighted by atomic mass is 10.2. The lowest BCUT2D eigenvalue weighted by Gasteiger charge is -2.05. The average Bonchev–Trinajstić information content (AvgIpc) is 2.64. The summed E-state index contributed by atoms with van der Waals surface area (Å²) >= 11 is 0. The van der Waals surface area contributed by atoms with E-state index in [0.717, 1.165) is 5.56 Å². The molecule has 0 saturated carbocycles. The molecule has 5 nitrogen and oxygen atoms in total. The molecule has 0 unspecified atom stereocenters. The van der Waals surface area contributed by atoms with Gasteiger partial charge >= 0.3 is 5.97 Å². The summed E-state index contributed by atoms with van der Waals surface area (Å²) in [4.78, 5) is 10.8. The van der Waals surface area contributed by atoms with Gasteiger partial charge in [0.15, 0.2) is 0 Å². The molecule has 1 aromatic heterocycles. The van der Waals surface area contributed by atoms with Gasteiger partial charge in [-0.25, -0.2) is 4.79 Å². The van der Waals surface area contributed by atoms with E-state index in [1.807, 2.05) is 0 Å². The zero-order chi connectivity index (χ0) is 12.4. The minimum Gasteiger partial charge on any atom is -0.508 e. The molecule has 0 atom stereocenters. The molecular weight excluding hydrogens is 220 g/mol. The van der Waals surface area contributed by atoms with E-state index in [9.17, 15) is 4.79 Å². The first-order chi connectivity index (χ1) is 8.08. The van der Waals surface area contributed by atoms with Gasteiger partial charge < -0.3 is 10.2 Å². The number of carboxylic acids is 1. The zero-order valence-corrected chi connectivity index (χ0v) is 9.29. The molecule has 0 bridgehead atoms. The Morgan fingerprint density at radius 3 is 2.53 bits per heavy atom. The van der Waals surface area contributed by atoms with Crippen LogP contribution < -0.4 is 0 Å². The Hall–Kier alpha value is -2.30. The second kappa shape index (κ2) is 4.29. The Kier molecular flexibility index (Phi) is 2.82. The SMILES string of the molecule is Cc1c(C(=O)O)cnn1Cc1ccc(O)cc1. The van der Waals surface area contributed by atoms with Crippen LogP contribution in [0.5, 0.6) is 5.75 Å². The quantitative estimate of drug-likeness (QED) is 0.843. The molecule has 0 spiro atoms. The first-order valence-corrected chi connectivity index (χ1v) is 5.11. The largest absolute Gasteiger partial charge is 0.508 e. The van der Waals surface area contributed by atoms with Gasteiger partial charge in [0.05, 0.1) is 18.4 Å². The number of aromatic carboxylic acids is 1. The summed E-state index contributed by atoms with van der Waals surface area (Å²) in [7, 11) is 0. The summed E-state index contributed by atoms with van der Waals surface area (Å²) in [6, 6.07) is 6.73. The number of phenolic OH excluding ortho intramolecular Hbond substituents is 1. The third kappa shape index (κ3) is 2.28. The van der Waals surface area contributed by atoms with Crippen LogP contribution in [0.25, 0.3) is 0 Å². The van der Waals surface area contributed by atoms with E-state index in [1.54, 1.807) is 35.9 Å². The van der Waals surface area contributed by atoms with Crippen molar-refractivity contribution >= 4 is 5.97 Å². The maximum absolute atomic E-state index is 10.8. The molecule has 0 aliphatic carbocycles. The van der Waals surface area contributed by atoms with E-state index in [2.05, 4.69) is 5.10 Å². The molecule has 2 aromatic rings. The number of aromatic nitrogens is 2. The van der Waals surface area contributed by atoms with Gasteiger partial charge in [-0.1, -0.05) is 12.1 Å². The third-order valence-corrected chi connectivity index (χ3v) is 2.60. The highest BCUT2D eigenvalue weighted by Gasteiger charge is 2.12. The molecule has 0 fully saturated rings. The number of hydrogen-bond donors (Lipinski definition) is 2. The van der Waals surface area contributed by atoms with Crippen molar-refractivity contribution in [2.45, 2.75) is 13.5 Å². The number of phenols is 1. The van der Waals surface area contributed by atoms with E-state index in [1.165, 1.54) is 6.20 Å². The average molecular weight is 232 g/mol. The van der Waals surface area contributed by atoms with Crippen LogP contribution >= 0.6 is 0 Å². The summed E-state index contributed by atoms with van der Waals surface area (Å²) < 4.78 is 1.62. The molecule has 88 valence electrons. The molecule has 1 heterocycles. The Balaban J connectivity index is 2.24. The van der Waals surface area contributed by atoms with Crippen molar-refractivity contribution in [3.8, 4) is 5.75 Å². The van der Waals surface area contributed by atoms with Crippen molar-refractivity contribution in [1.29, 1.82) is 0 Å². The molecular formula is C12H12N2O3. The number of carbonyl (C=O) groups is 1. The third-order valence-electron chi connectivity index (χ3n) is 2.60. The zero-order valence-electron chi connectivity index (χ0n) is 9.29. The number of benzene rings is 1. The lowest BCUT2D eigenvalue weighted by molar-refractivity contribution is 0.0696. The second-order valence-electron chi connectivity index (χ2n) is 3.77. The van der Waals surface area contributed by atoms with Gasteiger partial charge in [0, 0.05) is 0 Å². The van der Waals surface area contributed by atoms with Crippen molar-refractivity contribution in [3.05, 3.63) is 47.3 Å². The maximum Gasteiger partial charge on any atom is 0.339 e. The van der Waals surface area contributed by atoms with E-state index in [-0.39, 0.29) is 11.3 Å². The number of rotatable bonds is 3. The predicted molar refractivity (Wildman–Crippen MR) is 61.1 cm³/mol. The van der Waals surface area contributed by atoms with Crippen molar-refractivity contribution in [3.63, 3.8) is 0 Å². The van der Waals surface area contributed by atoms with Gasteiger partial charge in [0.25, 0.3) is 0 Å². The van der Waals surface area contributed by atoms with Gasteiger partial charge in [0.2, 0.25) is 0 Å². The van der Waals surface area contributed by atoms with Gasteiger partial charge in [-0.3, -0.25) is 4.68 Å². The number of aromatic hydroxyl groups is 1. The smallest absolute Gasteiger partial charge is 0.339 e. The maximum atomic E-state index is 10.8. The molecule has 1 aromatic carbocycles. The van der Waals surface area contributed by atoms with Gasteiger partial charge in [-0.05, 0) is 24.6 Å². The summed E-state index contributed by atoms with van der Waals surface area (Å²) in [6.07, 6.45) is 1.35. The molecule has 0 radical (unpaired) electrons. The first kappa shape index (κ1) is 11.2. The lowest BCUT2D eigenvalue weighted by Crippen LogP contribution is -2.05. The van der Waals surface area contributed by atoms with Crippen LogP contribution in [0.4, 0.5) is 0 Å². The van der Waals surface area contributed by atoms with Crippen LogP contribution in [-0.4, -0.2) is 26.0 Å². The fourth-order valence-electron chi connectivity index (χ4n) is 1.59. The predicted octanol–water partition coefficient (Wildman–Crippen LogP) is 1.64. The fourth-order valence-corrected chi connectivity index (χ4v) is 1.59. The number of hydrogen-bond acceptors (Lipinski definition) is 3. The molecule has 0 amide bonds. The highest BCUT2D eigenvalue weighted by molar-refractivity contribution is 5.88. The molecule has 2 N–H and O–H groups in total. The molecule has 0 aliphatic heterocycles. The molecule has 17 heavy (non-hydrogen) atoms. The van der Waals surface area contributed by atoms with Crippen LogP contribution in [0.2, 0.25) is 0 Å². The normalized spacial score (nSPS) is 10.4. The van der Waals surface area contributed by atoms with E-state index >= 15 is 0 Å².